The Morgan fingerprint density at radius 3 is 2.36 bits per heavy atom. The van der Waals surface area contributed by atoms with Crippen molar-refractivity contribution in [2.45, 2.75) is 56.4 Å². The summed E-state index contributed by atoms with van der Waals surface area (Å²) in [6.45, 7) is 2.47. The molecule has 0 saturated carbocycles. The number of piperidine rings is 1. The Morgan fingerprint density at radius 2 is 1.82 bits per heavy atom. The first kappa shape index (κ1) is 24.7. The Balaban J connectivity index is 0.000000383. The number of hydrogen-bond donors (Lipinski definition) is 4. The zero-order valence-electron chi connectivity index (χ0n) is 17.6. The fraction of sp³-hybridized carbons (Fsp3) is 0.600. The van der Waals surface area contributed by atoms with Crippen LogP contribution in [0.15, 0.2) is 22.9 Å². The molecular formula is C20H25F3N4O6. The smallest absolute Gasteiger partial charge is 0.477 e. The maximum Gasteiger partial charge on any atom is 0.490 e. The Kier molecular flexibility index (Phi) is 7.12. The van der Waals surface area contributed by atoms with Crippen molar-refractivity contribution in [2.75, 3.05) is 19.6 Å². The molecule has 5 N–H and O–H groups in total. The van der Waals surface area contributed by atoms with Gasteiger partial charge >= 0.3 is 18.1 Å². The number of nitrogens with one attached hydrogen (secondary N) is 1. The van der Waals surface area contributed by atoms with Crippen molar-refractivity contribution in [3.8, 4) is 0 Å². The average Bonchev–Trinajstić information content (AvgIpc) is 3.13. The molecule has 33 heavy (non-hydrogen) atoms. The highest BCUT2D eigenvalue weighted by molar-refractivity contribution is 6.01. The first-order chi connectivity index (χ1) is 15.4. The van der Waals surface area contributed by atoms with Crippen molar-refractivity contribution in [1.29, 1.82) is 0 Å². The van der Waals surface area contributed by atoms with Crippen molar-refractivity contribution in [1.82, 2.24) is 15.1 Å². The maximum absolute atomic E-state index is 12.8. The number of halogens is 3. The summed E-state index contributed by atoms with van der Waals surface area (Å²) in [6.07, 6.45) is 0.439. The van der Waals surface area contributed by atoms with Gasteiger partial charge in [0.15, 0.2) is 0 Å². The van der Waals surface area contributed by atoms with Crippen LogP contribution in [0.3, 0.4) is 0 Å². The van der Waals surface area contributed by atoms with Crippen LogP contribution in [-0.4, -0.2) is 87.7 Å². The molecule has 13 heteroatoms. The van der Waals surface area contributed by atoms with Crippen LogP contribution in [0, 0.1) is 0 Å². The molecule has 0 aromatic heterocycles. The van der Waals surface area contributed by atoms with Crippen LogP contribution < -0.4 is 11.1 Å². The molecule has 2 amide bonds. The first-order valence-corrected chi connectivity index (χ1v) is 10.5. The highest BCUT2D eigenvalue weighted by Gasteiger charge is 2.50. The monoisotopic (exact) mass is 474 g/mol. The van der Waals surface area contributed by atoms with Gasteiger partial charge in [0, 0.05) is 24.7 Å². The number of nitrogens with zero attached hydrogens (tertiary/aromatic N) is 2. The number of rotatable bonds is 3. The van der Waals surface area contributed by atoms with Gasteiger partial charge in [-0.1, -0.05) is 0 Å². The zero-order chi connectivity index (χ0) is 24.5. The number of likely N-dealkylation sites (tertiary alicyclic amines) is 1. The maximum atomic E-state index is 12.8. The SMILES string of the molecule is N[C@@H]1C(=O)N2C(C(=O)O)=C(/C=C3\CCN(C4CCCNC4)C3=O)CC[C@H]12.O=C(O)C(F)(F)F. The van der Waals surface area contributed by atoms with E-state index in [1.807, 2.05) is 4.90 Å². The van der Waals surface area contributed by atoms with Gasteiger partial charge in [0.2, 0.25) is 11.8 Å². The van der Waals surface area contributed by atoms with Gasteiger partial charge in [-0.3, -0.25) is 14.5 Å². The summed E-state index contributed by atoms with van der Waals surface area (Å²) >= 11 is 0. The highest BCUT2D eigenvalue weighted by atomic mass is 19.4. The molecule has 0 bridgehead atoms. The Hall–Kier alpha value is -2.93. The number of aliphatic carboxylic acids is 2. The van der Waals surface area contributed by atoms with Gasteiger partial charge in [-0.15, -0.1) is 0 Å². The van der Waals surface area contributed by atoms with Gasteiger partial charge in [0.1, 0.15) is 11.7 Å². The van der Waals surface area contributed by atoms with Gasteiger partial charge in [0.05, 0.1) is 6.04 Å². The lowest BCUT2D eigenvalue weighted by Crippen LogP contribution is -2.69. The van der Waals surface area contributed by atoms with E-state index in [0.717, 1.165) is 25.9 Å². The topological polar surface area (TPSA) is 153 Å². The molecule has 182 valence electrons. The summed E-state index contributed by atoms with van der Waals surface area (Å²) in [5.41, 5.74) is 6.97. The molecule has 0 radical (unpaired) electrons. The van der Waals surface area contributed by atoms with E-state index in [0.29, 0.717) is 37.0 Å². The summed E-state index contributed by atoms with van der Waals surface area (Å²) in [4.78, 5) is 48.6. The van der Waals surface area contributed by atoms with Crippen molar-refractivity contribution in [3.05, 3.63) is 22.9 Å². The van der Waals surface area contributed by atoms with Gasteiger partial charge in [-0.2, -0.15) is 13.2 Å². The lowest BCUT2D eigenvalue weighted by molar-refractivity contribution is -0.192. The molecule has 0 aliphatic carbocycles. The lowest BCUT2D eigenvalue weighted by atomic mass is 9.83. The second-order valence-corrected chi connectivity index (χ2v) is 8.24. The van der Waals surface area contributed by atoms with Crippen LogP contribution in [0.4, 0.5) is 13.2 Å². The molecule has 10 nitrogen and oxygen atoms in total. The summed E-state index contributed by atoms with van der Waals surface area (Å²) in [5.74, 6) is -4.26. The van der Waals surface area contributed by atoms with E-state index in [-0.39, 0.29) is 29.6 Å². The predicted molar refractivity (Wildman–Crippen MR) is 107 cm³/mol. The molecule has 1 unspecified atom stereocenters. The number of fused-ring (bicyclic) bond motifs is 1. The third kappa shape index (κ3) is 5.03. The molecular weight excluding hydrogens is 449 g/mol. The molecule has 3 saturated heterocycles. The van der Waals surface area contributed by atoms with E-state index in [4.69, 9.17) is 15.6 Å². The predicted octanol–water partition coefficient (Wildman–Crippen LogP) is 0.201. The summed E-state index contributed by atoms with van der Waals surface area (Å²) in [6, 6.07) is -0.637. The standard InChI is InChI=1S/C18H24N4O4.C2HF3O2/c19-14-13-4-3-10(15(18(25)26)22(13)17(14)24)8-11-5-7-21(16(11)23)12-2-1-6-20-9-12;3-2(4,5)1(6)7/h8,12-14,20H,1-7,9,19H2,(H,25,26);(H,6,7)/b11-8+;/t12?,13-,14+;/m1./s1. The molecule has 3 atom stereocenters. The summed E-state index contributed by atoms with van der Waals surface area (Å²) in [7, 11) is 0. The van der Waals surface area contributed by atoms with Crippen LogP contribution >= 0.6 is 0 Å². The van der Waals surface area contributed by atoms with Crippen LogP contribution in [0.1, 0.15) is 32.1 Å². The van der Waals surface area contributed by atoms with Crippen molar-refractivity contribution >= 4 is 23.8 Å². The minimum absolute atomic E-state index is 0.00830. The van der Waals surface area contributed by atoms with Crippen LogP contribution in [0.25, 0.3) is 0 Å². The fourth-order valence-corrected chi connectivity index (χ4v) is 4.54. The Morgan fingerprint density at radius 1 is 1.15 bits per heavy atom. The van der Waals surface area contributed by atoms with E-state index < -0.39 is 24.2 Å². The highest BCUT2D eigenvalue weighted by Crippen LogP contribution is 2.37. The second-order valence-electron chi connectivity index (χ2n) is 8.24. The Labute approximate surface area is 186 Å². The van der Waals surface area contributed by atoms with Crippen molar-refractivity contribution in [2.24, 2.45) is 5.73 Å². The Bertz CT molecular complexity index is 910. The molecule has 4 heterocycles. The number of carboxylic acid groups (broad SMARTS) is 2. The van der Waals surface area contributed by atoms with Gasteiger partial charge < -0.3 is 26.2 Å². The number of alkyl halides is 3. The number of hydrogen-bond acceptors (Lipinski definition) is 6. The number of carboxylic acids is 2. The van der Waals surface area contributed by atoms with Crippen LogP contribution in [0.2, 0.25) is 0 Å². The minimum atomic E-state index is -5.08. The number of nitrogens with two attached hydrogens (primary N) is 1. The van der Waals surface area contributed by atoms with Crippen LogP contribution in [-0.2, 0) is 19.2 Å². The van der Waals surface area contributed by atoms with Gasteiger partial charge in [-0.25, -0.2) is 9.59 Å². The number of β-lactam (4-membered cyclic amide) rings is 1. The van der Waals surface area contributed by atoms with Crippen LogP contribution in [0.5, 0.6) is 0 Å². The van der Waals surface area contributed by atoms with Gasteiger partial charge in [-0.05, 0) is 50.3 Å². The zero-order valence-corrected chi connectivity index (χ0v) is 17.6. The van der Waals surface area contributed by atoms with E-state index in [9.17, 15) is 32.7 Å². The molecule has 0 aromatic carbocycles. The van der Waals surface area contributed by atoms with Crippen molar-refractivity contribution in [3.63, 3.8) is 0 Å². The second kappa shape index (κ2) is 9.51. The largest absolute Gasteiger partial charge is 0.490 e. The lowest BCUT2D eigenvalue weighted by Gasteiger charge is -2.48. The van der Waals surface area contributed by atoms with E-state index in [2.05, 4.69) is 5.32 Å². The summed E-state index contributed by atoms with van der Waals surface area (Å²) < 4.78 is 31.7. The number of amides is 2. The van der Waals surface area contributed by atoms with E-state index in [1.54, 1.807) is 6.08 Å². The van der Waals surface area contributed by atoms with E-state index >= 15 is 0 Å². The molecule has 4 aliphatic rings. The number of carbonyl (C=O) groups excluding carboxylic acids is 2. The third-order valence-electron chi connectivity index (χ3n) is 6.19. The molecule has 0 spiro atoms. The third-order valence-corrected chi connectivity index (χ3v) is 6.19. The number of carbonyl (C=O) groups is 4. The number of allylic oxidation sites excluding steroid dienone is 2. The molecule has 4 rings (SSSR count). The quantitative estimate of drug-likeness (QED) is 0.334. The van der Waals surface area contributed by atoms with E-state index in [1.165, 1.54) is 4.90 Å². The molecule has 0 aromatic rings. The summed E-state index contributed by atoms with van der Waals surface area (Å²) in [5, 5.41) is 20.1. The van der Waals surface area contributed by atoms with Gasteiger partial charge in [0.25, 0.3) is 0 Å². The molecule has 3 fully saturated rings. The van der Waals surface area contributed by atoms with Crippen molar-refractivity contribution < 1.29 is 42.6 Å². The fourth-order valence-electron chi connectivity index (χ4n) is 4.54. The minimum Gasteiger partial charge on any atom is -0.477 e. The normalized spacial score (nSPS) is 28.8. The average molecular weight is 474 g/mol. The first-order valence-electron chi connectivity index (χ1n) is 10.5. The molecule has 4 aliphatic heterocycles.